The zero-order chi connectivity index (χ0) is 7.28. The molecule has 0 fully saturated rings. The van der Waals surface area contributed by atoms with E-state index in [0.29, 0.717) is 15.2 Å². The van der Waals surface area contributed by atoms with Crippen molar-refractivity contribution in [3.63, 3.8) is 0 Å². The van der Waals surface area contributed by atoms with Crippen LogP contribution in [0.4, 0.5) is 0 Å². The van der Waals surface area contributed by atoms with Gasteiger partial charge in [-0.05, 0) is 0 Å². The van der Waals surface area contributed by atoms with Gasteiger partial charge in [0.05, 0.1) is 8.41 Å². The molecule has 0 bridgehead atoms. The van der Waals surface area contributed by atoms with Gasteiger partial charge in [-0.2, -0.15) is 0 Å². The first-order valence-electron chi connectivity index (χ1n) is 4.13. The molecule has 0 aliphatic heterocycles. The topological polar surface area (TPSA) is 0 Å². The molecule has 60 valence electrons. The van der Waals surface area contributed by atoms with Crippen molar-refractivity contribution in [2.45, 2.75) is 38.3 Å². The van der Waals surface area contributed by atoms with Crippen LogP contribution in [-0.2, 0) is 0 Å². The van der Waals surface area contributed by atoms with E-state index >= 15 is 0 Å². The Bertz CT molecular complexity index is 54.3. The fourth-order valence-electron chi connectivity index (χ4n) is 0.934. The molecule has 0 aromatic carbocycles. The highest BCUT2D eigenvalue weighted by atomic mass is 27.1. The molecule has 2 heteroatoms. The first-order valence-corrected chi connectivity index (χ1v) is 6.13. The maximum Gasteiger partial charge on any atom is 0.237 e. The third-order valence-electron chi connectivity index (χ3n) is 1.56. The zero-order valence-corrected chi connectivity index (χ0v) is 8.69. The van der Waals surface area contributed by atoms with Gasteiger partial charge in [0, 0.05) is 0 Å². The Hall–Kier alpha value is 0.597. The Labute approximate surface area is 74.1 Å². The average Bonchev–Trinajstić information content (AvgIpc) is 1.63. The second-order valence-electron chi connectivity index (χ2n) is 3.72. The number of hydrogen-bond donors (Lipinski definition) is 0. The summed E-state index contributed by atoms with van der Waals surface area (Å²) < 4.78 is 0. The Balaban J connectivity index is 0. The van der Waals surface area contributed by atoms with Crippen molar-refractivity contribution in [1.29, 1.82) is 0 Å². The maximum absolute atomic E-state index is 2.33. The van der Waals surface area contributed by atoms with Crippen LogP contribution in [0.25, 0.3) is 0 Å². The van der Waals surface area contributed by atoms with Crippen LogP contribution in [0, 0.1) is 11.8 Å². The van der Waals surface area contributed by atoms with E-state index in [1.807, 2.05) is 0 Å². The average molecular weight is 156 g/mol. The summed E-state index contributed by atoms with van der Waals surface area (Å²) >= 11 is 0.316. The van der Waals surface area contributed by atoms with Crippen LogP contribution in [0.3, 0.4) is 0 Å². The van der Waals surface area contributed by atoms with Gasteiger partial charge in [-0.25, -0.2) is 0 Å². The van der Waals surface area contributed by atoms with E-state index < -0.39 is 0 Å². The van der Waals surface area contributed by atoms with Gasteiger partial charge in [-0.15, -0.1) is 0 Å². The molecule has 0 saturated heterocycles. The summed E-state index contributed by atoms with van der Waals surface area (Å²) in [6, 6.07) is 0. The molecule has 0 rings (SSSR count). The van der Waals surface area contributed by atoms with E-state index in [4.69, 9.17) is 0 Å². The molecule has 0 spiro atoms. The molecule has 0 radical (unpaired) electrons. The van der Waals surface area contributed by atoms with Crippen LogP contribution >= 0.6 is 0 Å². The summed E-state index contributed by atoms with van der Waals surface area (Å²) in [5.41, 5.74) is 0. The summed E-state index contributed by atoms with van der Waals surface area (Å²) in [6.07, 6.45) is 0. The van der Waals surface area contributed by atoms with Crippen LogP contribution in [0.2, 0.25) is 10.6 Å². The summed E-state index contributed by atoms with van der Waals surface area (Å²) in [5, 5.41) is 3.08. The van der Waals surface area contributed by atoms with Gasteiger partial charge in [0.25, 0.3) is 0 Å². The lowest BCUT2D eigenvalue weighted by Gasteiger charge is -2.03. The van der Waals surface area contributed by atoms with E-state index in [9.17, 15) is 0 Å². The van der Waals surface area contributed by atoms with Gasteiger partial charge >= 0.3 is 0 Å². The predicted molar refractivity (Wildman–Crippen MR) is 56.4 cm³/mol. The highest BCUT2D eigenvalue weighted by Crippen LogP contribution is 2.05. The van der Waals surface area contributed by atoms with Crippen molar-refractivity contribution in [3.05, 3.63) is 0 Å². The smallest absolute Gasteiger partial charge is 0.0950 e. The van der Waals surface area contributed by atoms with Crippen molar-refractivity contribution in [2.24, 2.45) is 11.8 Å². The summed E-state index contributed by atoms with van der Waals surface area (Å²) in [4.78, 5) is 0. The Kier molecular flexibility index (Phi) is 10.2. The molecule has 0 aliphatic carbocycles. The lowest BCUT2D eigenvalue weighted by atomic mass is 10.3. The number of rotatable bonds is 4. The first kappa shape index (κ1) is 13.2. The molecule has 0 heterocycles. The largest absolute Gasteiger partial charge is 0.237 e. The van der Waals surface area contributed by atoms with E-state index in [1.54, 1.807) is 0 Å². The third kappa shape index (κ3) is 11.4. The van der Waals surface area contributed by atoms with Gasteiger partial charge < -0.3 is 0 Å². The van der Waals surface area contributed by atoms with Gasteiger partial charge in [0.15, 0.2) is 0 Å². The standard InChI is InChI=1S/2C4H9.Al.BH3.H/c2*1-4(2)3;;;/h2*4H,1H2,2-3H3;;1H3;. The molecule has 0 aromatic heterocycles. The SMILES string of the molecule is B.CC(C)[CH2][AlH][CH2]C(C)C. The molecule has 0 aromatic rings. The molecule has 0 N–H and O–H groups in total. The van der Waals surface area contributed by atoms with Gasteiger partial charge in [-0.3, -0.25) is 0 Å². The Morgan fingerprint density at radius 3 is 1.40 bits per heavy atom. The fraction of sp³-hybridized carbons (Fsp3) is 1.00. The van der Waals surface area contributed by atoms with Crippen molar-refractivity contribution >= 4 is 23.6 Å². The summed E-state index contributed by atoms with van der Waals surface area (Å²) in [5.74, 6) is 1.91. The Morgan fingerprint density at radius 2 is 1.20 bits per heavy atom. The maximum atomic E-state index is 2.33. The predicted octanol–water partition coefficient (Wildman–Crippen LogP) is 1.39. The second kappa shape index (κ2) is 7.70. The molecule has 0 nitrogen and oxygen atoms in total. The minimum Gasteiger partial charge on any atom is -0.0950 e. The van der Waals surface area contributed by atoms with Crippen LogP contribution in [0.15, 0.2) is 0 Å². The van der Waals surface area contributed by atoms with E-state index in [2.05, 4.69) is 27.7 Å². The van der Waals surface area contributed by atoms with Gasteiger partial charge in [-0.1, -0.05) is 50.1 Å². The van der Waals surface area contributed by atoms with Crippen LogP contribution in [0.5, 0.6) is 0 Å². The highest BCUT2D eigenvalue weighted by molar-refractivity contribution is 6.35. The lowest BCUT2D eigenvalue weighted by Crippen LogP contribution is -1.99. The van der Waals surface area contributed by atoms with Crippen molar-refractivity contribution in [2.75, 3.05) is 0 Å². The molecular formula is C8H22AlB. The van der Waals surface area contributed by atoms with Gasteiger partial charge in [0.1, 0.15) is 0 Å². The molecule has 0 amide bonds. The molecule has 10 heavy (non-hydrogen) atoms. The Morgan fingerprint density at radius 1 is 0.900 bits per heavy atom. The van der Waals surface area contributed by atoms with Crippen LogP contribution in [-0.4, -0.2) is 23.6 Å². The fourth-order valence-corrected chi connectivity index (χ4v) is 2.80. The quantitative estimate of drug-likeness (QED) is 0.539. The zero-order valence-electron chi connectivity index (χ0n) is 7.28. The highest BCUT2D eigenvalue weighted by Gasteiger charge is 1.99. The first-order chi connectivity index (χ1) is 4.13. The number of hydrogen-bond acceptors (Lipinski definition) is 0. The van der Waals surface area contributed by atoms with Crippen molar-refractivity contribution < 1.29 is 0 Å². The van der Waals surface area contributed by atoms with E-state index in [1.165, 1.54) is 10.6 Å². The van der Waals surface area contributed by atoms with Crippen LogP contribution < -0.4 is 0 Å². The second-order valence-corrected chi connectivity index (χ2v) is 5.58. The minimum absolute atomic E-state index is 0. The summed E-state index contributed by atoms with van der Waals surface area (Å²) in [7, 11) is 0. The van der Waals surface area contributed by atoms with E-state index in [-0.39, 0.29) is 8.41 Å². The summed E-state index contributed by atoms with van der Waals surface area (Å²) in [6.45, 7) is 9.31. The van der Waals surface area contributed by atoms with Crippen LogP contribution in [0.1, 0.15) is 27.7 Å². The molecular weight excluding hydrogens is 134 g/mol. The molecule has 0 atom stereocenters. The monoisotopic (exact) mass is 156 g/mol. The third-order valence-corrected chi connectivity index (χ3v) is 4.69. The molecule has 0 unspecified atom stereocenters. The lowest BCUT2D eigenvalue weighted by molar-refractivity contribution is 0.700. The molecule has 0 saturated carbocycles. The van der Waals surface area contributed by atoms with E-state index in [0.717, 1.165) is 11.8 Å². The van der Waals surface area contributed by atoms with Crippen molar-refractivity contribution in [3.8, 4) is 0 Å². The normalized spacial score (nSPS) is 9.80. The van der Waals surface area contributed by atoms with Crippen molar-refractivity contribution in [1.82, 2.24) is 0 Å². The minimum atomic E-state index is 0. The van der Waals surface area contributed by atoms with Gasteiger partial charge in [0.2, 0.25) is 15.2 Å². The molecule has 0 aliphatic rings.